The number of carbonyl (C=O) groups is 3. The molecule has 0 aliphatic carbocycles. The highest BCUT2D eigenvalue weighted by Crippen LogP contribution is 2.26. The van der Waals surface area contributed by atoms with Gasteiger partial charge in [0, 0.05) is 6.54 Å². The van der Waals surface area contributed by atoms with Crippen molar-refractivity contribution < 1.29 is 14.4 Å². The van der Waals surface area contributed by atoms with Crippen LogP contribution in [0.25, 0.3) is 0 Å². The zero-order valence-electron chi connectivity index (χ0n) is 9.43. The van der Waals surface area contributed by atoms with Crippen LogP contribution in [0.3, 0.4) is 0 Å². The van der Waals surface area contributed by atoms with Crippen molar-refractivity contribution in [1.29, 1.82) is 0 Å². The van der Waals surface area contributed by atoms with Gasteiger partial charge in [-0.25, -0.2) is 4.79 Å². The summed E-state index contributed by atoms with van der Waals surface area (Å²) in [5, 5.41) is 6.67. The molecule has 1 atom stereocenters. The Balaban J connectivity index is 1.78. The number of urea groups is 1. The van der Waals surface area contributed by atoms with Gasteiger partial charge in [-0.15, -0.1) is 11.3 Å². The molecule has 0 bridgehead atoms. The number of carbonyl (C=O) groups excluding carboxylic acids is 3. The zero-order chi connectivity index (χ0) is 12.8. The van der Waals surface area contributed by atoms with Gasteiger partial charge in [-0.05, 0) is 17.9 Å². The lowest BCUT2D eigenvalue weighted by molar-refractivity contribution is -0.123. The lowest BCUT2D eigenvalue weighted by Gasteiger charge is -2.20. The minimum atomic E-state index is -0.927. The SMILES string of the molecule is O=C1NC(=O)C2(CCN(C(=O)c3cccs3)C2)N1. The molecule has 7 heteroatoms. The van der Waals surface area contributed by atoms with E-state index in [0.29, 0.717) is 17.8 Å². The summed E-state index contributed by atoms with van der Waals surface area (Å²) in [6, 6.07) is 3.09. The Hall–Kier alpha value is -1.89. The molecule has 4 amide bonds. The average Bonchev–Trinajstić information content (AvgIpc) is 3.01. The fourth-order valence-electron chi connectivity index (χ4n) is 2.35. The number of thiophene rings is 1. The van der Waals surface area contributed by atoms with Crippen molar-refractivity contribution in [2.45, 2.75) is 12.0 Å². The number of imide groups is 1. The van der Waals surface area contributed by atoms with Gasteiger partial charge in [-0.3, -0.25) is 14.9 Å². The minimum absolute atomic E-state index is 0.0872. The van der Waals surface area contributed by atoms with Crippen LogP contribution in [0.1, 0.15) is 16.1 Å². The third kappa shape index (κ3) is 1.59. The molecule has 2 saturated heterocycles. The normalized spacial score (nSPS) is 26.6. The zero-order valence-corrected chi connectivity index (χ0v) is 10.3. The molecule has 3 rings (SSSR count). The first-order valence-corrected chi connectivity index (χ1v) is 6.45. The second-order valence-electron chi connectivity index (χ2n) is 4.44. The molecule has 1 aromatic heterocycles. The quantitative estimate of drug-likeness (QED) is 0.711. The average molecular weight is 265 g/mol. The van der Waals surface area contributed by atoms with E-state index < -0.39 is 11.6 Å². The maximum Gasteiger partial charge on any atom is 0.322 e. The minimum Gasteiger partial charge on any atom is -0.335 e. The molecule has 0 radical (unpaired) electrons. The number of nitrogens with one attached hydrogen (secondary N) is 2. The van der Waals surface area contributed by atoms with E-state index in [9.17, 15) is 14.4 Å². The molecule has 94 valence electrons. The number of hydrogen-bond acceptors (Lipinski definition) is 4. The Morgan fingerprint density at radius 1 is 1.44 bits per heavy atom. The summed E-state index contributed by atoms with van der Waals surface area (Å²) in [5.41, 5.74) is -0.927. The van der Waals surface area contributed by atoms with Gasteiger partial charge >= 0.3 is 6.03 Å². The van der Waals surface area contributed by atoms with E-state index in [1.807, 2.05) is 11.4 Å². The van der Waals surface area contributed by atoms with E-state index in [0.717, 1.165) is 0 Å². The molecule has 1 spiro atoms. The van der Waals surface area contributed by atoms with Gasteiger partial charge < -0.3 is 10.2 Å². The third-order valence-electron chi connectivity index (χ3n) is 3.30. The summed E-state index contributed by atoms with van der Waals surface area (Å²) in [6.45, 7) is 0.714. The second-order valence-corrected chi connectivity index (χ2v) is 5.39. The van der Waals surface area contributed by atoms with Crippen LogP contribution < -0.4 is 10.6 Å². The summed E-state index contributed by atoms with van der Waals surface area (Å²) < 4.78 is 0. The Morgan fingerprint density at radius 3 is 2.89 bits per heavy atom. The van der Waals surface area contributed by atoms with Gasteiger partial charge in [0.25, 0.3) is 11.8 Å². The summed E-state index contributed by atoms with van der Waals surface area (Å²) in [6.07, 6.45) is 0.460. The number of hydrogen-bond donors (Lipinski definition) is 2. The fourth-order valence-corrected chi connectivity index (χ4v) is 3.05. The Labute approximate surface area is 107 Å². The molecule has 18 heavy (non-hydrogen) atoms. The lowest BCUT2D eigenvalue weighted by Crippen LogP contribution is -2.49. The highest BCUT2D eigenvalue weighted by molar-refractivity contribution is 7.12. The number of likely N-dealkylation sites (tertiary alicyclic amines) is 1. The summed E-state index contributed by atoms with van der Waals surface area (Å²) in [5.74, 6) is -0.426. The molecule has 1 unspecified atom stereocenters. The molecule has 1 aromatic rings. The van der Waals surface area contributed by atoms with Crippen LogP contribution in [0.4, 0.5) is 4.79 Å². The molecule has 2 N–H and O–H groups in total. The van der Waals surface area contributed by atoms with Crippen molar-refractivity contribution in [3.05, 3.63) is 22.4 Å². The maximum absolute atomic E-state index is 12.1. The topological polar surface area (TPSA) is 78.5 Å². The first kappa shape index (κ1) is 11.2. The molecular weight excluding hydrogens is 254 g/mol. The highest BCUT2D eigenvalue weighted by Gasteiger charge is 2.51. The number of amides is 4. The van der Waals surface area contributed by atoms with Crippen LogP contribution in [0.15, 0.2) is 17.5 Å². The smallest absolute Gasteiger partial charge is 0.322 e. The standard InChI is InChI=1S/C11H11N3O3S/c15-8(7-2-1-5-18-7)14-4-3-11(6-14)9(16)12-10(17)13-11/h1-2,5H,3-4,6H2,(H2,12,13,16,17). The van der Waals surface area contributed by atoms with E-state index in [-0.39, 0.29) is 18.4 Å². The molecule has 3 heterocycles. The van der Waals surface area contributed by atoms with Gasteiger partial charge in [0.2, 0.25) is 0 Å². The van der Waals surface area contributed by atoms with Gasteiger partial charge in [0.05, 0.1) is 11.4 Å². The van der Waals surface area contributed by atoms with Crippen LogP contribution >= 0.6 is 11.3 Å². The molecule has 0 saturated carbocycles. The predicted octanol–water partition coefficient (Wildman–Crippen LogP) is 0.172. The Morgan fingerprint density at radius 2 is 2.28 bits per heavy atom. The van der Waals surface area contributed by atoms with Crippen molar-refractivity contribution in [2.75, 3.05) is 13.1 Å². The van der Waals surface area contributed by atoms with Crippen LogP contribution in [0.5, 0.6) is 0 Å². The van der Waals surface area contributed by atoms with E-state index in [4.69, 9.17) is 0 Å². The van der Waals surface area contributed by atoms with Crippen molar-refractivity contribution in [1.82, 2.24) is 15.5 Å². The van der Waals surface area contributed by atoms with Crippen molar-refractivity contribution in [3.8, 4) is 0 Å². The van der Waals surface area contributed by atoms with Crippen LogP contribution in [-0.4, -0.2) is 41.4 Å². The molecule has 2 aliphatic rings. The van der Waals surface area contributed by atoms with Crippen LogP contribution in [0.2, 0.25) is 0 Å². The number of nitrogens with zero attached hydrogens (tertiary/aromatic N) is 1. The summed E-state index contributed by atoms with van der Waals surface area (Å²) >= 11 is 1.37. The Bertz CT molecular complexity index is 528. The van der Waals surface area contributed by atoms with E-state index >= 15 is 0 Å². The molecule has 2 fully saturated rings. The van der Waals surface area contributed by atoms with Crippen LogP contribution in [-0.2, 0) is 4.79 Å². The fraction of sp³-hybridized carbons (Fsp3) is 0.364. The van der Waals surface area contributed by atoms with E-state index in [1.54, 1.807) is 11.0 Å². The summed E-state index contributed by atoms with van der Waals surface area (Å²) in [7, 11) is 0. The largest absolute Gasteiger partial charge is 0.335 e. The molecular formula is C11H11N3O3S. The van der Waals surface area contributed by atoms with Crippen molar-refractivity contribution in [3.63, 3.8) is 0 Å². The second kappa shape index (κ2) is 3.81. The predicted molar refractivity (Wildman–Crippen MR) is 64.2 cm³/mol. The third-order valence-corrected chi connectivity index (χ3v) is 4.16. The van der Waals surface area contributed by atoms with Gasteiger partial charge in [-0.2, -0.15) is 0 Å². The van der Waals surface area contributed by atoms with Gasteiger partial charge in [0.1, 0.15) is 5.54 Å². The monoisotopic (exact) mass is 265 g/mol. The maximum atomic E-state index is 12.1. The highest BCUT2D eigenvalue weighted by atomic mass is 32.1. The molecule has 2 aliphatic heterocycles. The molecule has 0 aromatic carbocycles. The first-order valence-electron chi connectivity index (χ1n) is 5.57. The Kier molecular flexibility index (Phi) is 2.37. The van der Waals surface area contributed by atoms with Gasteiger partial charge in [-0.1, -0.05) is 6.07 Å². The summed E-state index contributed by atoms with van der Waals surface area (Å²) in [4.78, 5) is 37.3. The van der Waals surface area contributed by atoms with E-state index in [2.05, 4.69) is 10.6 Å². The van der Waals surface area contributed by atoms with E-state index in [1.165, 1.54) is 11.3 Å². The first-order chi connectivity index (χ1) is 8.61. The van der Waals surface area contributed by atoms with Crippen LogP contribution in [0, 0.1) is 0 Å². The van der Waals surface area contributed by atoms with Crippen molar-refractivity contribution in [2.24, 2.45) is 0 Å². The van der Waals surface area contributed by atoms with Crippen molar-refractivity contribution >= 4 is 29.2 Å². The number of rotatable bonds is 1. The van der Waals surface area contributed by atoms with Gasteiger partial charge in [0.15, 0.2) is 0 Å². The lowest BCUT2D eigenvalue weighted by atomic mass is 10.00. The molecule has 6 nitrogen and oxygen atoms in total.